The summed E-state index contributed by atoms with van der Waals surface area (Å²) in [6.07, 6.45) is 5.78. The molecular weight excluding hydrogens is 148 g/mol. The third-order valence-corrected chi connectivity index (χ3v) is 3.78. The van der Waals surface area contributed by atoms with Crippen LogP contribution in [0.2, 0.25) is 0 Å². The SMILES string of the molecule is CCC1(C(C)C)CCCC(O)C1. The Bertz CT molecular complexity index is 142. The maximum absolute atomic E-state index is 9.62. The van der Waals surface area contributed by atoms with Gasteiger partial charge in [0.15, 0.2) is 0 Å². The zero-order valence-corrected chi connectivity index (χ0v) is 8.64. The van der Waals surface area contributed by atoms with Crippen LogP contribution in [0.5, 0.6) is 0 Å². The van der Waals surface area contributed by atoms with Crippen molar-refractivity contribution < 1.29 is 5.11 Å². The van der Waals surface area contributed by atoms with Crippen LogP contribution >= 0.6 is 0 Å². The smallest absolute Gasteiger partial charge is 0.0545 e. The first-order valence-electron chi connectivity index (χ1n) is 5.29. The molecule has 0 aromatic rings. The lowest BCUT2D eigenvalue weighted by Gasteiger charge is -2.42. The summed E-state index contributed by atoms with van der Waals surface area (Å²) in [7, 11) is 0. The van der Waals surface area contributed by atoms with E-state index in [0.717, 1.165) is 18.8 Å². The number of aliphatic hydroxyl groups excluding tert-OH is 1. The summed E-state index contributed by atoms with van der Waals surface area (Å²) in [6.45, 7) is 6.85. The van der Waals surface area contributed by atoms with Gasteiger partial charge < -0.3 is 5.11 Å². The van der Waals surface area contributed by atoms with E-state index in [0.29, 0.717) is 5.41 Å². The Hall–Kier alpha value is -0.0400. The van der Waals surface area contributed by atoms with Crippen LogP contribution in [0, 0.1) is 11.3 Å². The standard InChI is InChI=1S/C11H22O/c1-4-11(9(2)3)7-5-6-10(12)8-11/h9-10,12H,4-8H2,1-3H3. The molecule has 1 rings (SSSR count). The van der Waals surface area contributed by atoms with Crippen molar-refractivity contribution >= 4 is 0 Å². The lowest BCUT2D eigenvalue weighted by molar-refractivity contribution is 0.0147. The van der Waals surface area contributed by atoms with Gasteiger partial charge in [-0.15, -0.1) is 0 Å². The lowest BCUT2D eigenvalue weighted by Crippen LogP contribution is -2.35. The summed E-state index contributed by atoms with van der Waals surface area (Å²) in [5.41, 5.74) is 0.442. The summed E-state index contributed by atoms with van der Waals surface area (Å²) in [5.74, 6) is 0.720. The fourth-order valence-electron chi connectivity index (χ4n) is 2.62. The predicted molar refractivity (Wildman–Crippen MR) is 52.0 cm³/mol. The van der Waals surface area contributed by atoms with E-state index in [2.05, 4.69) is 20.8 Å². The number of hydrogen-bond donors (Lipinski definition) is 1. The van der Waals surface area contributed by atoms with Gasteiger partial charge >= 0.3 is 0 Å². The van der Waals surface area contributed by atoms with Gasteiger partial charge in [-0.1, -0.05) is 33.6 Å². The van der Waals surface area contributed by atoms with Gasteiger partial charge in [-0.2, -0.15) is 0 Å². The Morgan fingerprint density at radius 3 is 2.50 bits per heavy atom. The topological polar surface area (TPSA) is 20.2 Å². The molecular formula is C11H22O. The molecule has 1 heteroatoms. The second-order valence-electron chi connectivity index (χ2n) is 4.62. The van der Waals surface area contributed by atoms with Crippen molar-refractivity contribution in [1.29, 1.82) is 0 Å². The molecule has 12 heavy (non-hydrogen) atoms. The zero-order valence-electron chi connectivity index (χ0n) is 8.64. The van der Waals surface area contributed by atoms with E-state index in [4.69, 9.17) is 0 Å². The van der Waals surface area contributed by atoms with Gasteiger partial charge in [-0.25, -0.2) is 0 Å². The van der Waals surface area contributed by atoms with Gasteiger partial charge in [0.1, 0.15) is 0 Å². The second-order valence-corrected chi connectivity index (χ2v) is 4.62. The molecule has 0 amide bonds. The molecule has 0 spiro atoms. The highest BCUT2D eigenvalue weighted by atomic mass is 16.3. The van der Waals surface area contributed by atoms with E-state index in [1.165, 1.54) is 19.3 Å². The van der Waals surface area contributed by atoms with Gasteiger partial charge in [0.05, 0.1) is 6.10 Å². The van der Waals surface area contributed by atoms with Crippen molar-refractivity contribution in [3.8, 4) is 0 Å². The molecule has 1 aliphatic carbocycles. The van der Waals surface area contributed by atoms with Crippen molar-refractivity contribution in [3.63, 3.8) is 0 Å². The summed E-state index contributed by atoms with van der Waals surface area (Å²) < 4.78 is 0. The van der Waals surface area contributed by atoms with Crippen LogP contribution in [0.15, 0.2) is 0 Å². The molecule has 2 atom stereocenters. The molecule has 1 N–H and O–H groups in total. The maximum atomic E-state index is 9.62. The van der Waals surface area contributed by atoms with E-state index in [9.17, 15) is 5.11 Å². The molecule has 0 saturated heterocycles. The van der Waals surface area contributed by atoms with Crippen LogP contribution in [0.3, 0.4) is 0 Å². The van der Waals surface area contributed by atoms with Gasteiger partial charge in [0.25, 0.3) is 0 Å². The average molecular weight is 170 g/mol. The van der Waals surface area contributed by atoms with Crippen molar-refractivity contribution in [1.82, 2.24) is 0 Å². The van der Waals surface area contributed by atoms with Gasteiger partial charge in [-0.05, 0) is 30.6 Å². The summed E-state index contributed by atoms with van der Waals surface area (Å²) in [4.78, 5) is 0. The quantitative estimate of drug-likeness (QED) is 0.675. The number of hydrogen-bond acceptors (Lipinski definition) is 1. The molecule has 2 unspecified atom stereocenters. The van der Waals surface area contributed by atoms with Crippen LogP contribution in [0.4, 0.5) is 0 Å². The average Bonchev–Trinajstić information content (AvgIpc) is 2.04. The minimum atomic E-state index is -0.0268. The normalized spacial score (nSPS) is 37.2. The molecule has 1 nitrogen and oxygen atoms in total. The maximum Gasteiger partial charge on any atom is 0.0545 e. The molecule has 1 saturated carbocycles. The second kappa shape index (κ2) is 3.78. The van der Waals surface area contributed by atoms with Crippen LogP contribution in [0.25, 0.3) is 0 Å². The van der Waals surface area contributed by atoms with Crippen LogP contribution in [-0.2, 0) is 0 Å². The van der Waals surface area contributed by atoms with Crippen LogP contribution < -0.4 is 0 Å². The molecule has 72 valence electrons. The fraction of sp³-hybridized carbons (Fsp3) is 1.00. The van der Waals surface area contributed by atoms with E-state index < -0.39 is 0 Å². The third kappa shape index (κ3) is 1.82. The zero-order chi connectivity index (χ0) is 9.19. The molecule has 0 aromatic carbocycles. The minimum Gasteiger partial charge on any atom is -0.393 e. The van der Waals surface area contributed by atoms with E-state index in [1.54, 1.807) is 0 Å². The minimum absolute atomic E-state index is 0.0268. The first-order valence-corrected chi connectivity index (χ1v) is 5.29. The number of rotatable bonds is 2. The van der Waals surface area contributed by atoms with Crippen LogP contribution in [0.1, 0.15) is 52.9 Å². The van der Waals surface area contributed by atoms with Crippen molar-refractivity contribution in [2.75, 3.05) is 0 Å². The van der Waals surface area contributed by atoms with Crippen molar-refractivity contribution in [2.24, 2.45) is 11.3 Å². The molecule has 0 radical (unpaired) electrons. The van der Waals surface area contributed by atoms with E-state index in [1.807, 2.05) is 0 Å². The Morgan fingerprint density at radius 2 is 2.17 bits per heavy atom. The lowest BCUT2D eigenvalue weighted by atomic mass is 9.65. The van der Waals surface area contributed by atoms with Crippen LogP contribution in [-0.4, -0.2) is 11.2 Å². The Labute approximate surface area is 76.2 Å². The highest BCUT2D eigenvalue weighted by molar-refractivity contribution is 4.87. The van der Waals surface area contributed by atoms with E-state index >= 15 is 0 Å². The fourth-order valence-corrected chi connectivity index (χ4v) is 2.62. The Morgan fingerprint density at radius 1 is 1.50 bits per heavy atom. The first kappa shape index (κ1) is 10.0. The predicted octanol–water partition coefficient (Wildman–Crippen LogP) is 2.97. The molecule has 1 aliphatic rings. The largest absolute Gasteiger partial charge is 0.393 e. The molecule has 0 bridgehead atoms. The third-order valence-electron chi connectivity index (χ3n) is 3.78. The Kier molecular flexibility index (Phi) is 3.16. The molecule has 0 aromatic heterocycles. The summed E-state index contributed by atoms with van der Waals surface area (Å²) in [6, 6.07) is 0. The van der Waals surface area contributed by atoms with Crippen molar-refractivity contribution in [2.45, 2.75) is 59.0 Å². The molecule has 0 heterocycles. The van der Waals surface area contributed by atoms with Crippen molar-refractivity contribution in [3.05, 3.63) is 0 Å². The number of aliphatic hydroxyl groups is 1. The highest BCUT2D eigenvalue weighted by Gasteiger charge is 2.36. The van der Waals surface area contributed by atoms with E-state index in [-0.39, 0.29) is 6.10 Å². The molecule has 0 aliphatic heterocycles. The van der Waals surface area contributed by atoms with Gasteiger partial charge in [-0.3, -0.25) is 0 Å². The monoisotopic (exact) mass is 170 g/mol. The highest BCUT2D eigenvalue weighted by Crippen LogP contribution is 2.44. The first-order chi connectivity index (χ1) is 5.60. The summed E-state index contributed by atoms with van der Waals surface area (Å²) >= 11 is 0. The molecule has 1 fully saturated rings. The van der Waals surface area contributed by atoms with Gasteiger partial charge in [0, 0.05) is 0 Å². The van der Waals surface area contributed by atoms with Gasteiger partial charge in [0.2, 0.25) is 0 Å². The summed E-state index contributed by atoms with van der Waals surface area (Å²) in [5, 5.41) is 9.62. The Balaban J connectivity index is 2.64.